The van der Waals surface area contributed by atoms with Crippen molar-refractivity contribution < 1.29 is 19.4 Å². The number of carbonyl (C=O) groups excluding carboxylic acids is 1. The van der Waals surface area contributed by atoms with E-state index < -0.39 is 5.97 Å². The van der Waals surface area contributed by atoms with Crippen molar-refractivity contribution in [1.29, 1.82) is 0 Å². The molecule has 0 atom stereocenters. The topological polar surface area (TPSA) is 63.6 Å². The summed E-state index contributed by atoms with van der Waals surface area (Å²) in [5.41, 5.74) is 3.08. The van der Waals surface area contributed by atoms with Crippen molar-refractivity contribution in [3.05, 3.63) is 40.5 Å². The molecule has 0 radical (unpaired) electrons. The number of allylic oxidation sites excluding steroid dienone is 1. The molecule has 0 fully saturated rings. The standard InChI is InChI=1S/C16H20O4/c1-5-8-20-14-9-10(2)16(12(4)11(14)3)13(17)6-7-15(18)19/h6-7,9H,5,8H2,1-4H3,(H,18,19)/b7-6+. The molecule has 1 rings (SSSR count). The van der Waals surface area contributed by atoms with Crippen LogP contribution >= 0.6 is 0 Å². The summed E-state index contributed by atoms with van der Waals surface area (Å²) in [7, 11) is 0. The Kier molecular flexibility index (Phi) is 5.50. The molecular formula is C16H20O4. The molecule has 4 heteroatoms. The zero-order valence-corrected chi connectivity index (χ0v) is 12.3. The van der Waals surface area contributed by atoms with E-state index in [4.69, 9.17) is 9.84 Å². The third-order valence-electron chi connectivity index (χ3n) is 3.13. The lowest BCUT2D eigenvalue weighted by molar-refractivity contribution is -0.131. The molecule has 0 saturated carbocycles. The number of hydrogen-bond donors (Lipinski definition) is 1. The monoisotopic (exact) mass is 276 g/mol. The minimum atomic E-state index is -1.13. The Bertz CT molecular complexity index is 556. The number of rotatable bonds is 6. The van der Waals surface area contributed by atoms with Gasteiger partial charge in [0.25, 0.3) is 0 Å². The van der Waals surface area contributed by atoms with Crippen molar-refractivity contribution in [3.8, 4) is 5.75 Å². The molecule has 1 aromatic rings. The first-order valence-corrected chi connectivity index (χ1v) is 6.57. The summed E-state index contributed by atoms with van der Waals surface area (Å²) in [4.78, 5) is 22.6. The van der Waals surface area contributed by atoms with Gasteiger partial charge in [-0.2, -0.15) is 0 Å². The van der Waals surface area contributed by atoms with Crippen LogP contribution in [0.5, 0.6) is 5.75 Å². The van der Waals surface area contributed by atoms with E-state index in [1.807, 2.05) is 33.8 Å². The van der Waals surface area contributed by atoms with Gasteiger partial charge in [-0.15, -0.1) is 0 Å². The number of aliphatic carboxylic acids is 1. The van der Waals surface area contributed by atoms with Crippen LogP contribution in [0.3, 0.4) is 0 Å². The molecule has 0 unspecified atom stereocenters. The highest BCUT2D eigenvalue weighted by atomic mass is 16.5. The Balaban J connectivity index is 3.19. The first-order valence-electron chi connectivity index (χ1n) is 6.57. The van der Waals surface area contributed by atoms with Crippen LogP contribution in [0.4, 0.5) is 0 Å². The van der Waals surface area contributed by atoms with E-state index >= 15 is 0 Å². The van der Waals surface area contributed by atoms with Gasteiger partial charge in [0.15, 0.2) is 5.78 Å². The normalized spacial score (nSPS) is 10.8. The summed E-state index contributed by atoms with van der Waals surface area (Å²) in [5, 5.41) is 8.58. The van der Waals surface area contributed by atoms with Crippen molar-refractivity contribution in [2.45, 2.75) is 34.1 Å². The van der Waals surface area contributed by atoms with E-state index in [0.717, 1.165) is 41.0 Å². The van der Waals surface area contributed by atoms with Crippen LogP contribution in [0.25, 0.3) is 0 Å². The van der Waals surface area contributed by atoms with Gasteiger partial charge in [-0.1, -0.05) is 6.92 Å². The third-order valence-corrected chi connectivity index (χ3v) is 3.13. The second-order valence-electron chi connectivity index (χ2n) is 4.70. The van der Waals surface area contributed by atoms with Gasteiger partial charge >= 0.3 is 5.97 Å². The van der Waals surface area contributed by atoms with Gasteiger partial charge < -0.3 is 9.84 Å². The van der Waals surface area contributed by atoms with E-state index in [1.165, 1.54) is 0 Å². The fourth-order valence-corrected chi connectivity index (χ4v) is 2.02. The molecule has 0 aromatic heterocycles. The van der Waals surface area contributed by atoms with Crippen LogP contribution in [0, 0.1) is 20.8 Å². The summed E-state index contributed by atoms with van der Waals surface area (Å²) in [6, 6.07) is 1.83. The van der Waals surface area contributed by atoms with Crippen molar-refractivity contribution in [3.63, 3.8) is 0 Å². The number of benzene rings is 1. The molecule has 0 aliphatic carbocycles. The van der Waals surface area contributed by atoms with Crippen LogP contribution in [0.2, 0.25) is 0 Å². The van der Waals surface area contributed by atoms with Crippen LogP contribution in [0.15, 0.2) is 18.2 Å². The van der Waals surface area contributed by atoms with E-state index in [1.54, 1.807) is 0 Å². The zero-order chi connectivity index (χ0) is 15.3. The summed E-state index contributed by atoms with van der Waals surface area (Å²) in [5.74, 6) is -0.651. The van der Waals surface area contributed by atoms with Gasteiger partial charge in [-0.05, 0) is 56.0 Å². The first kappa shape index (κ1) is 16.0. The summed E-state index contributed by atoms with van der Waals surface area (Å²) in [6.45, 7) is 8.24. The zero-order valence-electron chi connectivity index (χ0n) is 12.3. The fourth-order valence-electron chi connectivity index (χ4n) is 2.02. The molecular weight excluding hydrogens is 256 g/mol. The molecule has 0 amide bonds. The number of aryl methyl sites for hydroxylation is 1. The summed E-state index contributed by atoms with van der Waals surface area (Å²) < 4.78 is 5.66. The Morgan fingerprint density at radius 2 is 1.85 bits per heavy atom. The van der Waals surface area contributed by atoms with Crippen molar-refractivity contribution in [2.24, 2.45) is 0 Å². The molecule has 0 aliphatic heterocycles. The Hall–Kier alpha value is -2.10. The van der Waals surface area contributed by atoms with Crippen LogP contribution in [-0.2, 0) is 4.79 Å². The van der Waals surface area contributed by atoms with Crippen molar-refractivity contribution in [1.82, 2.24) is 0 Å². The van der Waals surface area contributed by atoms with E-state index in [-0.39, 0.29) is 5.78 Å². The Morgan fingerprint density at radius 1 is 1.20 bits per heavy atom. The number of carbonyl (C=O) groups is 2. The molecule has 1 aromatic carbocycles. The second-order valence-corrected chi connectivity index (χ2v) is 4.70. The molecule has 0 bridgehead atoms. The number of ketones is 1. The minimum absolute atomic E-state index is 0.299. The molecule has 0 saturated heterocycles. The number of carboxylic acid groups (broad SMARTS) is 1. The van der Waals surface area contributed by atoms with E-state index in [2.05, 4.69) is 0 Å². The SMILES string of the molecule is CCCOc1cc(C)c(C(=O)/C=C/C(=O)O)c(C)c1C. The predicted octanol–water partition coefficient (Wildman–Crippen LogP) is 3.22. The van der Waals surface area contributed by atoms with Gasteiger partial charge in [0.2, 0.25) is 0 Å². The summed E-state index contributed by atoms with van der Waals surface area (Å²) >= 11 is 0. The van der Waals surface area contributed by atoms with Gasteiger partial charge in [0.05, 0.1) is 6.61 Å². The van der Waals surface area contributed by atoms with Gasteiger partial charge in [0, 0.05) is 11.6 Å². The van der Waals surface area contributed by atoms with E-state index in [0.29, 0.717) is 12.2 Å². The molecule has 4 nitrogen and oxygen atoms in total. The second kappa shape index (κ2) is 6.89. The maximum Gasteiger partial charge on any atom is 0.328 e. The lowest BCUT2D eigenvalue weighted by atomic mass is 9.94. The summed E-state index contributed by atoms with van der Waals surface area (Å²) in [6.07, 6.45) is 2.86. The highest BCUT2D eigenvalue weighted by Crippen LogP contribution is 2.28. The quantitative estimate of drug-likeness (QED) is 0.640. The average molecular weight is 276 g/mol. The number of hydrogen-bond acceptors (Lipinski definition) is 3. The molecule has 0 heterocycles. The van der Waals surface area contributed by atoms with Gasteiger partial charge in [-0.25, -0.2) is 4.79 Å². The smallest absolute Gasteiger partial charge is 0.328 e. The lowest BCUT2D eigenvalue weighted by Crippen LogP contribution is -2.07. The van der Waals surface area contributed by atoms with Gasteiger partial charge in [0.1, 0.15) is 5.75 Å². The number of carboxylic acids is 1. The minimum Gasteiger partial charge on any atom is -0.493 e. The molecule has 108 valence electrons. The maximum absolute atomic E-state index is 12.1. The Labute approximate surface area is 119 Å². The highest BCUT2D eigenvalue weighted by Gasteiger charge is 2.15. The predicted molar refractivity (Wildman–Crippen MR) is 77.5 cm³/mol. The average Bonchev–Trinajstić information content (AvgIpc) is 2.39. The van der Waals surface area contributed by atoms with Crippen LogP contribution in [-0.4, -0.2) is 23.5 Å². The maximum atomic E-state index is 12.1. The third kappa shape index (κ3) is 3.70. The fraction of sp³-hybridized carbons (Fsp3) is 0.375. The van der Waals surface area contributed by atoms with Crippen molar-refractivity contribution >= 4 is 11.8 Å². The lowest BCUT2D eigenvalue weighted by Gasteiger charge is -2.15. The van der Waals surface area contributed by atoms with Gasteiger partial charge in [-0.3, -0.25) is 4.79 Å². The molecule has 1 N–H and O–H groups in total. The molecule has 0 aliphatic rings. The molecule has 0 spiro atoms. The van der Waals surface area contributed by atoms with E-state index in [9.17, 15) is 9.59 Å². The first-order chi connectivity index (χ1) is 9.38. The van der Waals surface area contributed by atoms with Crippen molar-refractivity contribution in [2.75, 3.05) is 6.61 Å². The highest BCUT2D eigenvalue weighted by molar-refractivity contribution is 6.09. The van der Waals surface area contributed by atoms with Crippen LogP contribution in [0.1, 0.15) is 40.4 Å². The number of ether oxygens (including phenoxy) is 1. The van der Waals surface area contributed by atoms with Crippen LogP contribution < -0.4 is 4.74 Å². The Morgan fingerprint density at radius 3 is 2.40 bits per heavy atom. The largest absolute Gasteiger partial charge is 0.493 e. The molecule has 20 heavy (non-hydrogen) atoms.